The second-order valence-electron chi connectivity index (χ2n) is 17.2. The van der Waals surface area contributed by atoms with Crippen LogP contribution in [-0.4, -0.2) is 78.9 Å². The molecule has 0 aromatic rings. The lowest BCUT2D eigenvalue weighted by molar-refractivity contribution is -0.244. The second-order valence-corrected chi connectivity index (χ2v) is 17.2. The molecule has 1 amide bonds. The van der Waals surface area contributed by atoms with Gasteiger partial charge in [0, 0.05) is 27.0 Å². The molecule has 0 aromatic carbocycles. The number of unbranched alkanes of at least 4 members (excludes halogenated alkanes) is 1. The monoisotopic (exact) mass is 671 g/mol. The van der Waals surface area contributed by atoms with E-state index in [4.69, 9.17) is 19.3 Å². The molecule has 0 aromatic heterocycles. The van der Waals surface area contributed by atoms with E-state index < -0.39 is 0 Å². The number of nitrogens with zero attached hydrogens (tertiary/aromatic N) is 1. The number of fused-ring (bicyclic) bond motifs is 2. The third-order valence-electron chi connectivity index (χ3n) is 15.2. The number of aliphatic hydroxyl groups is 2. The highest BCUT2D eigenvalue weighted by atomic mass is 16.7. The van der Waals surface area contributed by atoms with E-state index in [9.17, 15) is 14.7 Å². The number of amides is 1. The van der Waals surface area contributed by atoms with E-state index in [0.717, 1.165) is 45.1 Å². The van der Waals surface area contributed by atoms with Gasteiger partial charge in [-0.3, -0.25) is 9.59 Å². The van der Waals surface area contributed by atoms with Crippen molar-refractivity contribution < 1.29 is 34.0 Å². The lowest BCUT2D eigenvalue weighted by Crippen LogP contribution is -2.56. The smallest absolute Gasteiger partial charge is 0.302 e. The van der Waals surface area contributed by atoms with Gasteiger partial charge in [0.2, 0.25) is 5.91 Å². The fourth-order valence-electron chi connectivity index (χ4n) is 13.0. The van der Waals surface area contributed by atoms with Crippen molar-refractivity contribution in [3.63, 3.8) is 0 Å². The first kappa shape index (κ1) is 37.6. The van der Waals surface area contributed by atoms with Crippen molar-refractivity contribution in [1.29, 1.82) is 0 Å². The van der Waals surface area contributed by atoms with Crippen molar-refractivity contribution in [2.75, 3.05) is 33.4 Å². The molecule has 11 atom stereocenters. The number of hydrogen-bond donors (Lipinski definition) is 2. The summed E-state index contributed by atoms with van der Waals surface area (Å²) in [5.41, 5.74) is 1.09. The fourth-order valence-corrected chi connectivity index (χ4v) is 13.0. The Hall–Kier alpha value is -1.66. The minimum atomic E-state index is -0.312. The van der Waals surface area contributed by atoms with Crippen LogP contribution in [0.5, 0.6) is 0 Å². The Morgan fingerprint density at radius 1 is 0.958 bits per heavy atom. The Morgan fingerprint density at radius 2 is 1.69 bits per heavy atom. The number of rotatable bonds is 9. The number of ether oxygens (including phenoxy) is 3. The summed E-state index contributed by atoms with van der Waals surface area (Å²) in [6, 6.07) is 0. The molecule has 1 saturated heterocycles. The van der Waals surface area contributed by atoms with Crippen LogP contribution in [0.4, 0.5) is 0 Å². The van der Waals surface area contributed by atoms with Crippen LogP contribution in [0.15, 0.2) is 0 Å². The molecule has 4 unspecified atom stereocenters. The molecule has 48 heavy (non-hydrogen) atoms. The van der Waals surface area contributed by atoms with Crippen molar-refractivity contribution in [1.82, 2.24) is 4.90 Å². The zero-order valence-corrected chi connectivity index (χ0v) is 30.8. The molecule has 1 aliphatic heterocycles. The van der Waals surface area contributed by atoms with Gasteiger partial charge in [0.1, 0.15) is 0 Å². The summed E-state index contributed by atoms with van der Waals surface area (Å²) >= 11 is 0. The van der Waals surface area contributed by atoms with Crippen LogP contribution in [0.3, 0.4) is 0 Å². The number of hydrogen-bond acceptors (Lipinski definition) is 7. The normalized spacial score (nSPS) is 43.4. The summed E-state index contributed by atoms with van der Waals surface area (Å²) in [6.45, 7) is 13.8. The minimum Gasteiger partial charge on any atom is -0.466 e. The van der Waals surface area contributed by atoms with Gasteiger partial charge < -0.3 is 29.3 Å². The number of terminal acetylenes is 1. The van der Waals surface area contributed by atoms with Gasteiger partial charge in [-0.15, -0.1) is 12.8 Å². The van der Waals surface area contributed by atoms with Crippen LogP contribution < -0.4 is 0 Å². The molecule has 7 fully saturated rings. The van der Waals surface area contributed by atoms with E-state index in [2.05, 4.69) is 40.5 Å². The molecule has 6 aliphatic carbocycles. The molecular formula is C40H65NO7. The Kier molecular flexibility index (Phi) is 11.4. The van der Waals surface area contributed by atoms with Crippen LogP contribution in [0.25, 0.3) is 0 Å². The molecule has 6 saturated carbocycles. The minimum absolute atomic E-state index is 0.0606. The Morgan fingerprint density at radius 3 is 2.38 bits per heavy atom. The van der Waals surface area contributed by atoms with E-state index in [1.54, 1.807) is 0 Å². The first-order valence-corrected chi connectivity index (χ1v) is 19.1. The lowest BCUT2D eigenvalue weighted by atomic mass is 9.46. The number of carbonyl (C=O) groups is 2. The Labute approximate surface area is 290 Å². The van der Waals surface area contributed by atoms with Gasteiger partial charge in [-0.2, -0.15) is 0 Å². The van der Waals surface area contributed by atoms with E-state index in [1.807, 2.05) is 4.90 Å². The predicted octanol–water partition coefficient (Wildman–Crippen LogP) is 6.21. The van der Waals surface area contributed by atoms with Crippen molar-refractivity contribution in [2.45, 2.75) is 137 Å². The van der Waals surface area contributed by atoms with Gasteiger partial charge >= 0.3 is 5.97 Å². The van der Waals surface area contributed by atoms with Gasteiger partial charge in [0.15, 0.2) is 6.29 Å². The van der Waals surface area contributed by atoms with Crippen molar-refractivity contribution in [3.8, 4) is 12.8 Å². The topological polar surface area (TPSA) is 106 Å². The summed E-state index contributed by atoms with van der Waals surface area (Å²) in [5.74, 6) is 3.75. The average Bonchev–Trinajstić information content (AvgIpc) is 3.96. The average molecular weight is 672 g/mol. The van der Waals surface area contributed by atoms with Crippen LogP contribution >= 0.6 is 0 Å². The molecule has 7 aliphatic rings. The standard InChI is InChI=1S/C37H59NO6.C2H2.CH4O/c1-23-36-16-15-35(5)27(8-6-7-18-42-24(2)39)29(40)21-28(35)26(36)11-12-30-34(3,4)31(13-14-37(23,30)36)44-33-22-38(17-19-43-33)32(41)20-25-9-10-25;2*1-2/h23,25-31,33,40H,6-22H2,1-5H3;1-2H;2H,1H3/t23-,26-,27-,28?,29+,30?,31-,33?,35+,36-,37?;;/m0../s1. The molecule has 0 radical (unpaired) electrons. The summed E-state index contributed by atoms with van der Waals surface area (Å²) in [4.78, 5) is 26.0. The summed E-state index contributed by atoms with van der Waals surface area (Å²) in [6.07, 6.45) is 22.1. The van der Waals surface area contributed by atoms with Crippen molar-refractivity contribution in [3.05, 3.63) is 0 Å². The zero-order valence-electron chi connectivity index (χ0n) is 30.8. The summed E-state index contributed by atoms with van der Waals surface area (Å²) in [5, 5.41) is 18.4. The highest BCUT2D eigenvalue weighted by Gasteiger charge is 2.84. The maximum Gasteiger partial charge on any atom is 0.302 e. The molecule has 2 N–H and O–H groups in total. The molecule has 272 valence electrons. The van der Waals surface area contributed by atoms with Gasteiger partial charge in [-0.1, -0.05) is 27.7 Å². The number of morpholine rings is 1. The molecule has 8 heteroatoms. The predicted molar refractivity (Wildman–Crippen MR) is 185 cm³/mol. The molecule has 0 bridgehead atoms. The highest BCUT2D eigenvalue weighted by Crippen LogP contribution is 2.89. The van der Waals surface area contributed by atoms with Crippen LogP contribution in [0, 0.1) is 70.0 Å². The fraction of sp³-hybridized carbons (Fsp3) is 0.900. The maximum absolute atomic E-state index is 12.8. The highest BCUT2D eigenvalue weighted by molar-refractivity contribution is 5.76. The molecule has 2 spiro atoms. The third kappa shape index (κ3) is 6.15. The Balaban J connectivity index is 0.00000109. The van der Waals surface area contributed by atoms with E-state index >= 15 is 0 Å². The van der Waals surface area contributed by atoms with Crippen LogP contribution in [-0.2, 0) is 23.8 Å². The molecular weight excluding hydrogens is 606 g/mol. The first-order valence-electron chi connectivity index (χ1n) is 19.1. The van der Waals surface area contributed by atoms with Crippen molar-refractivity contribution >= 4 is 11.9 Å². The quantitative estimate of drug-likeness (QED) is 0.171. The lowest BCUT2D eigenvalue weighted by Gasteiger charge is -2.59. The molecule has 7 rings (SSSR count). The maximum atomic E-state index is 12.8. The summed E-state index contributed by atoms with van der Waals surface area (Å²) in [7, 11) is 1.00. The van der Waals surface area contributed by atoms with Crippen LogP contribution in [0.1, 0.15) is 118 Å². The van der Waals surface area contributed by atoms with Crippen molar-refractivity contribution in [2.24, 2.45) is 57.2 Å². The molecule has 1 heterocycles. The number of esters is 1. The Bertz CT molecular complexity index is 1170. The van der Waals surface area contributed by atoms with Crippen LogP contribution in [0.2, 0.25) is 0 Å². The summed E-state index contributed by atoms with van der Waals surface area (Å²) < 4.78 is 18.1. The van der Waals surface area contributed by atoms with E-state index in [1.165, 1.54) is 51.9 Å². The SMILES string of the molecule is C#C.CC(=O)OCCCC[C@H]1[C@H](O)CC2[C@@H]3CCC4C(C)(C)[C@@H](OC5CN(C(=O)CC6CC6)CCO5)CCC45[C@@H](C)[C@@]35CC[C@@]21C.CO. The molecule has 8 nitrogen and oxygen atoms in total. The van der Waals surface area contributed by atoms with Gasteiger partial charge in [-0.05, 0) is 134 Å². The zero-order chi connectivity index (χ0) is 35.1. The van der Waals surface area contributed by atoms with E-state index in [-0.39, 0.29) is 41.2 Å². The number of aliphatic hydroxyl groups excluding tert-OH is 2. The first-order chi connectivity index (χ1) is 22.9. The van der Waals surface area contributed by atoms with Gasteiger partial charge in [-0.25, -0.2) is 0 Å². The largest absolute Gasteiger partial charge is 0.466 e. The van der Waals surface area contributed by atoms with Gasteiger partial charge in [0.25, 0.3) is 0 Å². The second kappa shape index (κ2) is 14.5. The third-order valence-corrected chi connectivity index (χ3v) is 15.2. The van der Waals surface area contributed by atoms with E-state index in [0.29, 0.717) is 73.1 Å². The van der Waals surface area contributed by atoms with Gasteiger partial charge in [0.05, 0.1) is 32.0 Å². The number of carbonyl (C=O) groups excluding carboxylic acids is 2.